The van der Waals surface area contributed by atoms with E-state index in [4.69, 9.17) is 10.5 Å². The molecule has 2 atom stereocenters. The van der Waals surface area contributed by atoms with Crippen LogP contribution in [-0.4, -0.2) is 31.7 Å². The highest BCUT2D eigenvalue weighted by Crippen LogP contribution is 2.34. The van der Waals surface area contributed by atoms with Crippen molar-refractivity contribution in [2.75, 3.05) is 19.8 Å². The van der Waals surface area contributed by atoms with Crippen molar-refractivity contribution >= 4 is 0 Å². The average Bonchev–Trinajstić information content (AvgIpc) is 2.23. The normalized spacial score (nSPS) is 30.5. The van der Waals surface area contributed by atoms with Gasteiger partial charge in [0.25, 0.3) is 0 Å². The third-order valence-electron chi connectivity index (χ3n) is 3.18. The number of nitrogens with two attached hydrogens (primary N) is 1. The van der Waals surface area contributed by atoms with Crippen molar-refractivity contribution in [1.82, 2.24) is 0 Å². The Hall–Kier alpha value is -0.330. The van der Waals surface area contributed by atoms with Gasteiger partial charge in [0.05, 0.1) is 18.8 Å². The molecule has 0 spiro atoms. The van der Waals surface area contributed by atoms with Gasteiger partial charge in [0.1, 0.15) is 0 Å². The minimum atomic E-state index is -4.58. The first-order valence-electron chi connectivity index (χ1n) is 5.92. The van der Waals surface area contributed by atoms with Crippen molar-refractivity contribution in [3.63, 3.8) is 0 Å². The predicted molar refractivity (Wildman–Crippen MR) is 57.4 cm³/mol. The van der Waals surface area contributed by atoms with E-state index in [-0.39, 0.29) is 6.61 Å². The monoisotopic (exact) mass is 255 g/mol. The van der Waals surface area contributed by atoms with E-state index in [1.54, 1.807) is 0 Å². The second-order valence-electron chi connectivity index (χ2n) is 4.73. The SMILES string of the molecule is CC1CCCC(CN)(OCCOC(F)(F)F)C1. The van der Waals surface area contributed by atoms with E-state index < -0.39 is 18.6 Å². The van der Waals surface area contributed by atoms with Gasteiger partial charge >= 0.3 is 6.36 Å². The van der Waals surface area contributed by atoms with Crippen LogP contribution in [0.4, 0.5) is 13.2 Å². The Morgan fingerprint density at radius 2 is 2.06 bits per heavy atom. The summed E-state index contributed by atoms with van der Waals surface area (Å²) in [6.07, 6.45) is -0.808. The van der Waals surface area contributed by atoms with E-state index in [1.807, 2.05) is 0 Å². The molecule has 102 valence electrons. The zero-order valence-corrected chi connectivity index (χ0v) is 10.1. The Labute approximate surface area is 99.4 Å². The fourth-order valence-electron chi connectivity index (χ4n) is 2.40. The minimum Gasteiger partial charge on any atom is -0.371 e. The number of rotatable bonds is 5. The zero-order chi connectivity index (χ0) is 12.9. The van der Waals surface area contributed by atoms with Crippen LogP contribution < -0.4 is 5.73 Å². The quantitative estimate of drug-likeness (QED) is 0.767. The summed E-state index contributed by atoms with van der Waals surface area (Å²) in [5.74, 6) is 0.510. The van der Waals surface area contributed by atoms with E-state index in [1.165, 1.54) is 0 Å². The maximum atomic E-state index is 11.8. The molecule has 0 saturated heterocycles. The van der Waals surface area contributed by atoms with Gasteiger partial charge in [0, 0.05) is 6.54 Å². The lowest BCUT2D eigenvalue weighted by Gasteiger charge is -2.39. The van der Waals surface area contributed by atoms with Gasteiger partial charge in [-0.1, -0.05) is 19.8 Å². The van der Waals surface area contributed by atoms with Crippen molar-refractivity contribution in [3.05, 3.63) is 0 Å². The molecular weight excluding hydrogens is 235 g/mol. The number of ether oxygens (including phenoxy) is 2. The van der Waals surface area contributed by atoms with Gasteiger partial charge in [-0.05, 0) is 18.8 Å². The second kappa shape index (κ2) is 6.02. The summed E-state index contributed by atoms with van der Waals surface area (Å²) in [4.78, 5) is 0. The maximum absolute atomic E-state index is 11.8. The summed E-state index contributed by atoms with van der Waals surface area (Å²) < 4.78 is 44.5. The maximum Gasteiger partial charge on any atom is 0.522 e. The number of hydrogen-bond donors (Lipinski definition) is 1. The van der Waals surface area contributed by atoms with E-state index in [0.29, 0.717) is 12.5 Å². The van der Waals surface area contributed by atoms with Gasteiger partial charge < -0.3 is 10.5 Å². The Balaban J connectivity index is 2.31. The summed E-state index contributed by atoms with van der Waals surface area (Å²) in [7, 11) is 0. The van der Waals surface area contributed by atoms with E-state index in [2.05, 4.69) is 11.7 Å². The number of halogens is 3. The summed E-state index contributed by atoms with van der Waals surface area (Å²) in [5.41, 5.74) is 5.23. The lowest BCUT2D eigenvalue weighted by atomic mass is 9.79. The Morgan fingerprint density at radius 1 is 1.35 bits per heavy atom. The number of alkyl halides is 3. The Morgan fingerprint density at radius 3 is 2.59 bits per heavy atom. The largest absolute Gasteiger partial charge is 0.522 e. The van der Waals surface area contributed by atoms with Crippen molar-refractivity contribution in [2.24, 2.45) is 11.7 Å². The molecule has 17 heavy (non-hydrogen) atoms. The molecule has 0 aromatic heterocycles. The van der Waals surface area contributed by atoms with E-state index >= 15 is 0 Å². The van der Waals surface area contributed by atoms with Crippen LogP contribution in [0.3, 0.4) is 0 Å². The van der Waals surface area contributed by atoms with Crippen LogP contribution >= 0.6 is 0 Å². The average molecular weight is 255 g/mol. The Bertz CT molecular complexity index is 235. The van der Waals surface area contributed by atoms with Gasteiger partial charge in [-0.2, -0.15) is 0 Å². The summed E-state index contributed by atoms with van der Waals surface area (Å²) in [6.45, 7) is 1.92. The standard InChI is InChI=1S/C11H20F3NO2/c1-9-3-2-4-10(7-9,8-15)16-5-6-17-11(12,13)14/h9H,2-8,15H2,1H3. The van der Waals surface area contributed by atoms with Crippen LogP contribution in [0.15, 0.2) is 0 Å². The summed E-state index contributed by atoms with van der Waals surface area (Å²) in [5, 5.41) is 0. The van der Waals surface area contributed by atoms with Crippen molar-refractivity contribution in [2.45, 2.75) is 44.6 Å². The van der Waals surface area contributed by atoms with Crippen molar-refractivity contribution in [1.29, 1.82) is 0 Å². The summed E-state index contributed by atoms with van der Waals surface area (Å²) in [6, 6.07) is 0. The minimum absolute atomic E-state index is 0.0660. The number of hydrogen-bond acceptors (Lipinski definition) is 3. The molecule has 2 unspecified atom stereocenters. The molecule has 0 aromatic carbocycles. The molecule has 6 heteroatoms. The van der Waals surface area contributed by atoms with Gasteiger partial charge in [0.15, 0.2) is 0 Å². The van der Waals surface area contributed by atoms with Crippen LogP contribution in [0.5, 0.6) is 0 Å². The molecule has 1 saturated carbocycles. The molecule has 0 radical (unpaired) electrons. The van der Waals surface area contributed by atoms with E-state index in [9.17, 15) is 13.2 Å². The smallest absolute Gasteiger partial charge is 0.371 e. The highest BCUT2D eigenvalue weighted by atomic mass is 19.4. The van der Waals surface area contributed by atoms with Crippen LogP contribution in [0, 0.1) is 5.92 Å². The fourth-order valence-corrected chi connectivity index (χ4v) is 2.40. The van der Waals surface area contributed by atoms with Crippen molar-refractivity contribution < 1.29 is 22.6 Å². The molecule has 1 aliphatic rings. The predicted octanol–water partition coefficient (Wildman–Crippen LogP) is 2.45. The topological polar surface area (TPSA) is 44.5 Å². The first-order chi connectivity index (χ1) is 7.87. The molecule has 1 rings (SSSR count). The van der Waals surface area contributed by atoms with Crippen LogP contribution in [0.25, 0.3) is 0 Å². The van der Waals surface area contributed by atoms with Gasteiger partial charge in [-0.25, -0.2) is 0 Å². The Kier molecular flexibility index (Phi) is 5.22. The van der Waals surface area contributed by atoms with Crippen LogP contribution in [0.2, 0.25) is 0 Å². The highest BCUT2D eigenvalue weighted by Gasteiger charge is 2.35. The summed E-state index contributed by atoms with van der Waals surface area (Å²) >= 11 is 0. The van der Waals surface area contributed by atoms with Gasteiger partial charge in [0.2, 0.25) is 0 Å². The highest BCUT2D eigenvalue weighted by molar-refractivity contribution is 4.87. The third kappa shape index (κ3) is 5.23. The molecule has 1 aliphatic carbocycles. The zero-order valence-electron chi connectivity index (χ0n) is 10.1. The van der Waals surface area contributed by atoms with Crippen LogP contribution in [0.1, 0.15) is 32.6 Å². The molecule has 0 aliphatic heterocycles. The molecule has 0 heterocycles. The van der Waals surface area contributed by atoms with E-state index in [0.717, 1.165) is 25.7 Å². The molecule has 0 aromatic rings. The molecular formula is C11H20F3NO2. The van der Waals surface area contributed by atoms with Gasteiger partial charge in [-0.3, -0.25) is 4.74 Å². The molecule has 2 N–H and O–H groups in total. The molecule has 0 bridgehead atoms. The molecule has 1 fully saturated rings. The lowest BCUT2D eigenvalue weighted by molar-refractivity contribution is -0.328. The fraction of sp³-hybridized carbons (Fsp3) is 1.00. The van der Waals surface area contributed by atoms with Crippen molar-refractivity contribution in [3.8, 4) is 0 Å². The first kappa shape index (κ1) is 14.7. The first-order valence-corrected chi connectivity index (χ1v) is 5.92. The van der Waals surface area contributed by atoms with Crippen LogP contribution in [-0.2, 0) is 9.47 Å². The molecule has 0 amide bonds. The molecule has 3 nitrogen and oxygen atoms in total. The second-order valence-corrected chi connectivity index (χ2v) is 4.73. The van der Waals surface area contributed by atoms with Gasteiger partial charge in [-0.15, -0.1) is 13.2 Å². The lowest BCUT2D eigenvalue weighted by Crippen LogP contribution is -2.45. The third-order valence-corrected chi connectivity index (χ3v) is 3.18.